The van der Waals surface area contributed by atoms with Gasteiger partial charge in [-0.2, -0.15) is 0 Å². The Balaban J connectivity index is 1.32. The zero-order valence-electron chi connectivity index (χ0n) is 22.4. The molecule has 0 aliphatic carbocycles. The molecule has 0 amide bonds. The summed E-state index contributed by atoms with van der Waals surface area (Å²) in [5, 5.41) is 3.05. The maximum atomic E-state index is 15.0. The summed E-state index contributed by atoms with van der Waals surface area (Å²) in [6.07, 6.45) is 4.11. The van der Waals surface area contributed by atoms with Crippen molar-refractivity contribution in [1.29, 1.82) is 0 Å². The maximum Gasteiger partial charge on any atom is 0.229 e. The van der Waals surface area contributed by atoms with Crippen molar-refractivity contribution < 1.29 is 8.78 Å². The third-order valence-corrected chi connectivity index (χ3v) is 6.93. The van der Waals surface area contributed by atoms with E-state index in [2.05, 4.69) is 42.0 Å². The molecule has 10 heteroatoms. The van der Waals surface area contributed by atoms with E-state index >= 15 is 0 Å². The fourth-order valence-corrected chi connectivity index (χ4v) is 5.14. The summed E-state index contributed by atoms with van der Waals surface area (Å²) in [6, 6.07) is 6.95. The molecule has 0 bridgehead atoms. The highest BCUT2D eigenvalue weighted by atomic mass is 19.1. The highest BCUT2D eigenvalue weighted by molar-refractivity contribution is 5.83. The van der Waals surface area contributed by atoms with Crippen molar-refractivity contribution in [2.45, 2.75) is 46.7 Å². The molecule has 1 saturated heterocycles. The third kappa shape index (κ3) is 5.51. The first-order chi connectivity index (χ1) is 18.3. The first-order valence-corrected chi connectivity index (χ1v) is 13.2. The van der Waals surface area contributed by atoms with Crippen molar-refractivity contribution in [2.75, 3.05) is 38.0 Å². The van der Waals surface area contributed by atoms with Gasteiger partial charge in [-0.15, -0.1) is 0 Å². The molecule has 1 aromatic carbocycles. The minimum absolute atomic E-state index is 0.0105. The fraction of sp³-hybridized carbons (Fsp3) is 0.429. The van der Waals surface area contributed by atoms with Gasteiger partial charge >= 0.3 is 0 Å². The third-order valence-electron chi connectivity index (χ3n) is 6.93. The second-order valence-corrected chi connectivity index (χ2v) is 10.1. The highest BCUT2D eigenvalue weighted by Gasteiger charge is 2.19. The summed E-state index contributed by atoms with van der Waals surface area (Å²) in [7, 11) is 0. The Labute approximate surface area is 221 Å². The molecule has 0 spiro atoms. The fourth-order valence-electron chi connectivity index (χ4n) is 5.14. The van der Waals surface area contributed by atoms with Crippen LogP contribution in [0.15, 0.2) is 36.7 Å². The van der Waals surface area contributed by atoms with E-state index in [1.807, 2.05) is 43.7 Å². The summed E-state index contributed by atoms with van der Waals surface area (Å²) in [5.41, 5.74) is 2.32. The molecule has 0 atom stereocenters. The van der Waals surface area contributed by atoms with Gasteiger partial charge in [-0.05, 0) is 57.5 Å². The summed E-state index contributed by atoms with van der Waals surface area (Å²) in [5.74, 6) is 0.280. The highest BCUT2D eigenvalue weighted by Crippen LogP contribution is 2.30. The number of imidazole rings is 1. The van der Waals surface area contributed by atoms with Crippen LogP contribution in [-0.4, -0.2) is 67.0 Å². The lowest BCUT2D eigenvalue weighted by molar-refractivity contribution is 0.127. The monoisotopic (exact) mass is 520 g/mol. The first-order valence-electron chi connectivity index (χ1n) is 13.2. The molecule has 8 nitrogen and oxygen atoms in total. The van der Waals surface area contributed by atoms with Crippen molar-refractivity contribution in [3.05, 3.63) is 59.7 Å². The molecule has 38 heavy (non-hydrogen) atoms. The molecule has 0 radical (unpaired) electrons. The number of fused-ring (bicyclic) bond motifs is 1. The van der Waals surface area contributed by atoms with E-state index in [0.29, 0.717) is 22.7 Å². The first kappa shape index (κ1) is 26.1. The molecule has 1 aliphatic rings. The molecule has 1 fully saturated rings. The van der Waals surface area contributed by atoms with E-state index < -0.39 is 11.6 Å². The lowest BCUT2D eigenvalue weighted by Crippen LogP contribution is -2.45. The average molecular weight is 521 g/mol. The number of anilines is 2. The van der Waals surface area contributed by atoms with Crippen molar-refractivity contribution in [3.63, 3.8) is 0 Å². The SMILES string of the molecule is CCCN1CCN(Cc2ccc(Nc3ncc(F)c(-c4cc(F)c5nc(C)n(C(C)C)c5c4)n3)nc2)CC1. The number of halogens is 2. The van der Waals surface area contributed by atoms with Crippen LogP contribution in [0, 0.1) is 18.6 Å². The zero-order valence-corrected chi connectivity index (χ0v) is 22.4. The largest absolute Gasteiger partial charge is 0.326 e. The number of hydrogen-bond acceptors (Lipinski definition) is 7. The van der Waals surface area contributed by atoms with Gasteiger partial charge in [0.1, 0.15) is 22.9 Å². The van der Waals surface area contributed by atoms with Crippen LogP contribution in [-0.2, 0) is 6.54 Å². The molecule has 4 aromatic rings. The van der Waals surface area contributed by atoms with Gasteiger partial charge < -0.3 is 14.8 Å². The van der Waals surface area contributed by atoms with Crippen LogP contribution in [0.25, 0.3) is 22.3 Å². The number of rotatable bonds is 8. The number of aromatic nitrogens is 5. The van der Waals surface area contributed by atoms with Crippen molar-refractivity contribution in [1.82, 2.24) is 34.3 Å². The van der Waals surface area contributed by atoms with Gasteiger partial charge in [-0.25, -0.2) is 28.7 Å². The average Bonchev–Trinajstić information content (AvgIpc) is 3.24. The van der Waals surface area contributed by atoms with Gasteiger partial charge in [0.2, 0.25) is 5.95 Å². The second-order valence-electron chi connectivity index (χ2n) is 10.1. The van der Waals surface area contributed by atoms with Gasteiger partial charge in [0, 0.05) is 50.5 Å². The van der Waals surface area contributed by atoms with Gasteiger partial charge in [0.25, 0.3) is 0 Å². The molecular weight excluding hydrogens is 486 g/mol. The normalized spacial score (nSPS) is 15.0. The van der Waals surface area contributed by atoms with E-state index in [4.69, 9.17) is 0 Å². The van der Waals surface area contributed by atoms with E-state index in [-0.39, 0.29) is 23.2 Å². The van der Waals surface area contributed by atoms with Crippen LogP contribution in [0.1, 0.15) is 44.6 Å². The number of nitrogens with one attached hydrogen (secondary N) is 1. The van der Waals surface area contributed by atoms with E-state index in [9.17, 15) is 8.78 Å². The predicted octanol–water partition coefficient (Wildman–Crippen LogP) is 5.33. The molecule has 1 N–H and O–H groups in total. The van der Waals surface area contributed by atoms with Crippen LogP contribution < -0.4 is 5.32 Å². The van der Waals surface area contributed by atoms with Crippen LogP contribution in [0.3, 0.4) is 0 Å². The zero-order chi connectivity index (χ0) is 26.8. The van der Waals surface area contributed by atoms with Gasteiger partial charge in [-0.3, -0.25) is 4.90 Å². The number of benzene rings is 1. The minimum atomic E-state index is -0.635. The summed E-state index contributed by atoms with van der Waals surface area (Å²) >= 11 is 0. The van der Waals surface area contributed by atoms with Crippen LogP contribution in [0.4, 0.5) is 20.5 Å². The maximum absolute atomic E-state index is 15.0. The smallest absolute Gasteiger partial charge is 0.229 e. The predicted molar refractivity (Wildman–Crippen MR) is 145 cm³/mol. The Kier molecular flexibility index (Phi) is 7.62. The van der Waals surface area contributed by atoms with Gasteiger partial charge in [-0.1, -0.05) is 13.0 Å². The Morgan fingerprint density at radius 2 is 1.71 bits per heavy atom. The lowest BCUT2D eigenvalue weighted by Gasteiger charge is -2.34. The molecule has 200 valence electrons. The minimum Gasteiger partial charge on any atom is -0.326 e. The van der Waals surface area contributed by atoms with E-state index in [1.165, 1.54) is 12.5 Å². The quantitative estimate of drug-likeness (QED) is 0.337. The van der Waals surface area contributed by atoms with Crippen molar-refractivity contribution in [2.24, 2.45) is 0 Å². The number of nitrogens with zero attached hydrogens (tertiary/aromatic N) is 7. The van der Waals surface area contributed by atoms with E-state index in [0.717, 1.165) is 51.0 Å². The molecule has 1 aliphatic heterocycles. The van der Waals surface area contributed by atoms with Crippen molar-refractivity contribution in [3.8, 4) is 11.3 Å². The number of aryl methyl sites for hydroxylation is 1. The molecule has 3 aromatic heterocycles. The number of hydrogen-bond donors (Lipinski definition) is 1. The standard InChI is InChI=1S/C28H34F2N8/c1-5-8-36-9-11-37(12-10-36)17-20-6-7-25(31-15-20)34-28-32-16-23(30)26(35-28)21-13-22(29)27-24(14-21)38(18(2)3)19(4)33-27/h6-7,13-16,18H,5,8-12,17H2,1-4H3,(H,31,32,34,35). The van der Waals surface area contributed by atoms with Crippen LogP contribution in [0.2, 0.25) is 0 Å². The molecule has 0 saturated carbocycles. The summed E-state index contributed by atoms with van der Waals surface area (Å²) in [6.45, 7) is 14.4. The van der Waals surface area contributed by atoms with E-state index in [1.54, 1.807) is 6.07 Å². The lowest BCUT2D eigenvalue weighted by atomic mass is 10.1. The Hall–Kier alpha value is -3.50. The summed E-state index contributed by atoms with van der Waals surface area (Å²) in [4.78, 5) is 22.2. The Morgan fingerprint density at radius 1 is 0.947 bits per heavy atom. The van der Waals surface area contributed by atoms with Crippen LogP contribution in [0.5, 0.6) is 0 Å². The van der Waals surface area contributed by atoms with Crippen molar-refractivity contribution >= 4 is 22.8 Å². The van der Waals surface area contributed by atoms with Crippen LogP contribution >= 0.6 is 0 Å². The summed E-state index contributed by atoms with van der Waals surface area (Å²) < 4.78 is 31.7. The van der Waals surface area contributed by atoms with Gasteiger partial charge in [0.05, 0.1) is 11.7 Å². The Bertz CT molecular complexity index is 1410. The Morgan fingerprint density at radius 3 is 2.39 bits per heavy atom. The van der Waals surface area contributed by atoms with Gasteiger partial charge in [0.15, 0.2) is 11.6 Å². The number of piperazine rings is 1. The second kappa shape index (κ2) is 11.1. The topological polar surface area (TPSA) is 75.0 Å². The molecule has 5 rings (SSSR count). The number of pyridine rings is 1. The molecular formula is C28H34F2N8. The molecule has 4 heterocycles. The molecule has 0 unspecified atom stereocenters.